The van der Waals surface area contributed by atoms with Crippen LogP contribution in [0.2, 0.25) is 0 Å². The van der Waals surface area contributed by atoms with Gasteiger partial charge in [-0.3, -0.25) is 28.8 Å². The first-order valence-corrected chi connectivity index (χ1v) is 25.9. The Morgan fingerprint density at radius 2 is 1.04 bits per heavy atom. The van der Waals surface area contributed by atoms with Gasteiger partial charge in [-0.2, -0.15) is 0 Å². The van der Waals surface area contributed by atoms with Crippen molar-refractivity contribution in [1.82, 2.24) is 20.4 Å². The van der Waals surface area contributed by atoms with Crippen LogP contribution in [-0.4, -0.2) is 83.3 Å². The molecule has 4 fully saturated rings. The first kappa shape index (κ1) is 55.4. The van der Waals surface area contributed by atoms with Gasteiger partial charge >= 0.3 is 0 Å². The van der Waals surface area contributed by atoms with Gasteiger partial charge in [0.25, 0.3) is 11.8 Å². The molecule has 2 aliphatic heterocycles. The van der Waals surface area contributed by atoms with E-state index >= 15 is 13.2 Å². The van der Waals surface area contributed by atoms with Crippen molar-refractivity contribution in [1.29, 1.82) is 0 Å². The molecule has 0 aromatic heterocycles. The molecule has 2 aromatic carbocycles. The number of amides is 4. The Kier molecular flexibility index (Phi) is 18.9. The molecule has 2 aromatic rings. The highest BCUT2D eigenvalue weighted by Gasteiger charge is 2.44. The number of halogens is 3. The maximum atomic E-state index is 16.2. The second-order valence-corrected chi connectivity index (χ2v) is 23.1. The smallest absolute Gasteiger partial charge is 0.254 e. The number of Topliss-reactive ketones (excluding diaryl/α,β-unsaturated/α-hetero) is 2. The van der Waals surface area contributed by atoms with Crippen LogP contribution in [0.5, 0.6) is 0 Å². The van der Waals surface area contributed by atoms with E-state index in [-0.39, 0.29) is 82.6 Å². The topological polar surface area (TPSA) is 133 Å². The molecule has 2 saturated carbocycles. The molecule has 382 valence electrons. The minimum absolute atomic E-state index is 0.0143. The summed E-state index contributed by atoms with van der Waals surface area (Å²) < 4.78 is 47.5. The van der Waals surface area contributed by atoms with Gasteiger partial charge < -0.3 is 20.4 Å². The van der Waals surface area contributed by atoms with Crippen molar-refractivity contribution in [2.75, 3.05) is 26.2 Å². The van der Waals surface area contributed by atoms with Crippen molar-refractivity contribution in [2.24, 2.45) is 34.5 Å². The van der Waals surface area contributed by atoms with Gasteiger partial charge in [0.05, 0.1) is 29.8 Å². The summed E-state index contributed by atoms with van der Waals surface area (Å²) in [5, 5.41) is 5.71. The van der Waals surface area contributed by atoms with Crippen molar-refractivity contribution in [3.05, 3.63) is 70.3 Å². The highest BCUT2D eigenvalue weighted by atomic mass is 19.1. The second-order valence-electron chi connectivity index (χ2n) is 23.1. The van der Waals surface area contributed by atoms with E-state index in [9.17, 15) is 28.8 Å². The lowest BCUT2D eigenvalue weighted by atomic mass is 9.80. The molecular weight excluding hydrogens is 882 g/mol. The largest absolute Gasteiger partial charge is 0.342 e. The van der Waals surface area contributed by atoms with E-state index in [0.29, 0.717) is 31.6 Å². The van der Waals surface area contributed by atoms with Gasteiger partial charge in [0.1, 0.15) is 11.6 Å². The van der Waals surface area contributed by atoms with Gasteiger partial charge in [0.2, 0.25) is 11.8 Å². The van der Waals surface area contributed by atoms with Crippen molar-refractivity contribution >= 4 is 35.2 Å². The highest BCUT2D eigenvalue weighted by Crippen LogP contribution is 2.40. The van der Waals surface area contributed by atoms with E-state index in [0.717, 1.165) is 77.0 Å². The van der Waals surface area contributed by atoms with Crippen LogP contribution in [0.1, 0.15) is 197 Å². The van der Waals surface area contributed by atoms with Crippen LogP contribution < -0.4 is 10.6 Å². The number of carbonyl (C=O) groups excluding carboxylic acids is 6. The van der Waals surface area contributed by atoms with Crippen molar-refractivity contribution in [3.63, 3.8) is 0 Å². The van der Waals surface area contributed by atoms with Crippen LogP contribution in [0.4, 0.5) is 13.2 Å². The fourth-order valence-corrected chi connectivity index (χ4v) is 10.8. The third kappa shape index (κ3) is 13.9. The zero-order chi connectivity index (χ0) is 51.0. The summed E-state index contributed by atoms with van der Waals surface area (Å²) in [4.78, 5) is 81.1. The quantitative estimate of drug-likeness (QED) is 0.218. The number of ketones is 2. The van der Waals surface area contributed by atoms with E-state index in [1.54, 1.807) is 46.8 Å². The van der Waals surface area contributed by atoms with E-state index < -0.39 is 52.0 Å². The Morgan fingerprint density at radius 1 is 0.594 bits per heavy atom. The number of carbonyl (C=O) groups is 6. The number of hydrogen-bond acceptors (Lipinski definition) is 6. The van der Waals surface area contributed by atoms with Crippen LogP contribution >= 0.6 is 0 Å². The summed E-state index contributed by atoms with van der Waals surface area (Å²) in [5.74, 6) is -3.33. The lowest BCUT2D eigenvalue weighted by molar-refractivity contribution is -0.144. The molecule has 0 bridgehead atoms. The molecule has 69 heavy (non-hydrogen) atoms. The van der Waals surface area contributed by atoms with Crippen LogP contribution in [0.25, 0.3) is 0 Å². The van der Waals surface area contributed by atoms with Gasteiger partial charge in [-0.05, 0) is 80.9 Å². The Labute approximate surface area is 410 Å². The monoisotopic (exact) mass is 963 g/mol. The number of piperidine rings is 2. The maximum absolute atomic E-state index is 16.2. The Balaban J connectivity index is 0.000000258. The third-order valence-electron chi connectivity index (χ3n) is 14.7. The van der Waals surface area contributed by atoms with Crippen LogP contribution in [-0.2, 0) is 24.8 Å². The molecule has 4 amide bonds. The second kappa shape index (κ2) is 23.6. The fourth-order valence-electron chi connectivity index (χ4n) is 10.8. The van der Waals surface area contributed by atoms with Gasteiger partial charge in [0.15, 0.2) is 17.2 Å². The summed E-state index contributed by atoms with van der Waals surface area (Å²) in [5.41, 5.74) is -3.26. The third-order valence-corrected chi connectivity index (χ3v) is 14.7. The molecule has 2 heterocycles. The lowest BCUT2D eigenvalue weighted by Gasteiger charge is -2.40. The molecule has 2 N–H and O–H groups in total. The van der Waals surface area contributed by atoms with Crippen LogP contribution in [0.3, 0.4) is 0 Å². The number of hydrogen-bond donors (Lipinski definition) is 2. The Hall–Kier alpha value is -4.55. The van der Waals surface area contributed by atoms with Crippen LogP contribution in [0.15, 0.2) is 36.4 Å². The average Bonchev–Trinajstić information content (AvgIpc) is 3.31. The minimum Gasteiger partial charge on any atom is -0.342 e. The van der Waals surface area contributed by atoms with Crippen molar-refractivity contribution in [2.45, 2.75) is 183 Å². The summed E-state index contributed by atoms with van der Waals surface area (Å²) in [6.45, 7) is 19.6. The molecule has 4 unspecified atom stereocenters. The molecule has 2 saturated heterocycles. The van der Waals surface area contributed by atoms with Gasteiger partial charge in [-0.15, -0.1) is 0 Å². The van der Waals surface area contributed by atoms with Gasteiger partial charge in [-0.25, -0.2) is 13.2 Å². The summed E-state index contributed by atoms with van der Waals surface area (Å²) in [6, 6.07) is 7.82. The van der Waals surface area contributed by atoms with E-state index in [1.165, 1.54) is 29.2 Å². The zero-order valence-electron chi connectivity index (χ0n) is 43.2. The van der Waals surface area contributed by atoms with Gasteiger partial charge in [0, 0.05) is 53.8 Å². The maximum Gasteiger partial charge on any atom is 0.254 e. The zero-order valence-corrected chi connectivity index (χ0v) is 43.2. The van der Waals surface area contributed by atoms with Gasteiger partial charge in [-0.1, -0.05) is 132 Å². The van der Waals surface area contributed by atoms with E-state index in [2.05, 4.69) is 10.6 Å². The normalized spacial score (nSPS) is 21.8. The average molecular weight is 963 g/mol. The molecule has 4 atom stereocenters. The standard InChI is InChI=1S/C28H40F2N2O3.C28H41FN2O3/c1-18(2)24(33)23(19-11-7-6-8-12-19)31-25(34)20-13-9-14-21(22(20)29)28(30)15-10-16-32(17-28)26(35)27(3,4)5;1-18(2)25(32)24(19-11-7-6-8-12-19)30-26(33)22-15-9-14-21(23(22)29)20-13-10-16-31(17-20)27(34)28(3,4)5/h9,13-14,18-19,23H,6-8,10-12,15-17H2,1-5H3,(H,31,34);9,14-15,18-20,24H,6-8,10-13,16-17H2,1-5H3,(H,30,33). The number of nitrogens with one attached hydrogen (secondary N) is 2. The Bertz CT molecular complexity index is 2150. The molecule has 6 rings (SSSR count). The van der Waals surface area contributed by atoms with E-state index in [4.69, 9.17) is 0 Å². The minimum atomic E-state index is -2.09. The first-order valence-electron chi connectivity index (χ1n) is 25.9. The number of nitrogens with zero attached hydrogens (tertiary/aromatic N) is 2. The molecule has 4 aliphatic rings. The summed E-state index contributed by atoms with van der Waals surface area (Å²) >= 11 is 0. The summed E-state index contributed by atoms with van der Waals surface area (Å²) in [6.07, 6.45) is 11.9. The highest BCUT2D eigenvalue weighted by molar-refractivity contribution is 5.99. The lowest BCUT2D eigenvalue weighted by Crippen LogP contribution is -2.50. The Morgan fingerprint density at radius 3 is 1.52 bits per heavy atom. The van der Waals surface area contributed by atoms with Crippen molar-refractivity contribution in [3.8, 4) is 0 Å². The molecule has 0 radical (unpaired) electrons. The first-order chi connectivity index (χ1) is 32.3. The molecule has 10 nitrogen and oxygen atoms in total. The van der Waals surface area contributed by atoms with E-state index in [1.807, 2.05) is 39.5 Å². The fraction of sp³-hybridized carbons (Fsp3) is 0.679. The summed E-state index contributed by atoms with van der Waals surface area (Å²) in [7, 11) is 0. The molecule has 2 aliphatic carbocycles. The number of rotatable bonds is 12. The number of alkyl halides is 1. The molecule has 0 spiro atoms. The van der Waals surface area contributed by atoms with Crippen LogP contribution in [0, 0.1) is 46.1 Å². The molecular formula is C56H81F3N4O6. The number of likely N-dealkylation sites (tertiary alicyclic amines) is 2. The number of benzene rings is 2. The predicted octanol–water partition coefficient (Wildman–Crippen LogP) is 11.0. The molecule has 13 heteroatoms. The predicted molar refractivity (Wildman–Crippen MR) is 264 cm³/mol. The SMILES string of the molecule is CC(C)C(=O)C(NC(=O)c1cccc(C2(F)CCCN(C(=O)C(C)(C)C)C2)c1F)C1CCCCC1.CC(C)C(=O)C(NC(=O)c1cccc(C2CCCN(C(=O)C(C)(C)C)C2)c1F)C1CCCCC1. The van der Waals surface area contributed by atoms with Crippen molar-refractivity contribution < 1.29 is 41.9 Å².